The van der Waals surface area contributed by atoms with Gasteiger partial charge in [0.2, 0.25) is 0 Å². The van der Waals surface area contributed by atoms with E-state index in [4.69, 9.17) is 17.3 Å². The summed E-state index contributed by atoms with van der Waals surface area (Å²) in [6.07, 6.45) is 11.5. The Morgan fingerprint density at radius 2 is 2.10 bits per heavy atom. The average molecular weight is 286 g/mol. The summed E-state index contributed by atoms with van der Waals surface area (Å²) in [5, 5.41) is 0. The molecule has 0 aromatic carbocycles. The lowest BCUT2D eigenvalue weighted by Gasteiger charge is -2.25. The second-order valence-corrected chi connectivity index (χ2v) is 5.39. The van der Waals surface area contributed by atoms with Crippen molar-refractivity contribution in [1.82, 2.24) is 0 Å². The third-order valence-corrected chi connectivity index (χ3v) is 3.87. The maximum atomic E-state index is 6.15. The van der Waals surface area contributed by atoms with Crippen LogP contribution in [0.1, 0.15) is 46.0 Å². The summed E-state index contributed by atoms with van der Waals surface area (Å²) >= 11 is 0. The van der Waals surface area contributed by atoms with Crippen LogP contribution >= 0.6 is 0 Å². The Bertz CT molecular complexity index is 422. The van der Waals surface area contributed by atoms with E-state index < -0.39 is 0 Å². The molecule has 0 amide bonds. The number of rotatable bonds is 9. The Labute approximate surface area is 131 Å². The van der Waals surface area contributed by atoms with Gasteiger partial charge < -0.3 is 9.47 Å². The molecule has 1 aliphatic carbocycles. The summed E-state index contributed by atoms with van der Waals surface area (Å²) in [7, 11) is 7.84. The minimum Gasteiger partial charge on any atom is -0.501 e. The van der Waals surface area contributed by atoms with Gasteiger partial charge in [-0.2, -0.15) is 0 Å². The largest absolute Gasteiger partial charge is 0.501 e. The molecule has 2 radical (unpaired) electrons. The van der Waals surface area contributed by atoms with Crippen LogP contribution in [0.15, 0.2) is 47.2 Å². The lowest BCUT2D eigenvalue weighted by Crippen LogP contribution is -2.22. The zero-order valence-corrected chi connectivity index (χ0v) is 13.7. The molecule has 0 bridgehead atoms. The van der Waals surface area contributed by atoms with Gasteiger partial charge in [-0.3, -0.25) is 0 Å². The maximum Gasteiger partial charge on any atom is 0.114 e. The van der Waals surface area contributed by atoms with Crippen molar-refractivity contribution in [2.24, 2.45) is 0 Å². The predicted octanol–water partition coefficient (Wildman–Crippen LogP) is 4.44. The molecule has 3 heteroatoms. The zero-order valence-electron chi connectivity index (χ0n) is 13.7. The standard InChI is InChI=1S/C18H27BO2/c1-5-8-18(19)17(13-15(6-2)20-4)14(3)11-12-21-16-9-7-10-16/h5,8,13,16H,1,6-7,9-12H2,2-4H3/b15-13+,17-14+,18-8+. The minimum absolute atomic E-state index is 0.475. The van der Waals surface area contributed by atoms with Crippen molar-refractivity contribution in [1.29, 1.82) is 0 Å². The molecule has 0 aromatic heterocycles. The van der Waals surface area contributed by atoms with Crippen molar-refractivity contribution >= 4 is 7.85 Å². The van der Waals surface area contributed by atoms with Crippen molar-refractivity contribution in [2.45, 2.75) is 52.1 Å². The number of hydrogen-bond acceptors (Lipinski definition) is 2. The van der Waals surface area contributed by atoms with Crippen molar-refractivity contribution in [3.63, 3.8) is 0 Å². The summed E-state index contributed by atoms with van der Waals surface area (Å²) in [6, 6.07) is 0. The molecule has 0 N–H and O–H groups in total. The minimum atomic E-state index is 0.475. The summed E-state index contributed by atoms with van der Waals surface area (Å²) < 4.78 is 11.2. The first-order chi connectivity index (χ1) is 10.1. The molecule has 2 nitrogen and oxygen atoms in total. The van der Waals surface area contributed by atoms with Gasteiger partial charge in [-0.25, -0.2) is 0 Å². The van der Waals surface area contributed by atoms with E-state index in [0.717, 1.165) is 30.8 Å². The fourth-order valence-corrected chi connectivity index (χ4v) is 2.19. The zero-order chi connectivity index (χ0) is 15.7. The maximum absolute atomic E-state index is 6.15. The van der Waals surface area contributed by atoms with Crippen molar-refractivity contribution in [3.05, 3.63) is 47.2 Å². The van der Waals surface area contributed by atoms with Gasteiger partial charge in [0.15, 0.2) is 0 Å². The first kappa shape index (κ1) is 17.8. The average Bonchev–Trinajstić information content (AvgIpc) is 2.43. The first-order valence-electron chi connectivity index (χ1n) is 7.76. The van der Waals surface area contributed by atoms with Gasteiger partial charge in [0.05, 0.1) is 25.6 Å². The Morgan fingerprint density at radius 3 is 2.57 bits per heavy atom. The Balaban J connectivity index is 2.80. The fourth-order valence-electron chi connectivity index (χ4n) is 2.19. The first-order valence-corrected chi connectivity index (χ1v) is 7.76. The second-order valence-electron chi connectivity index (χ2n) is 5.39. The van der Waals surface area contributed by atoms with E-state index in [2.05, 4.69) is 20.4 Å². The molecular formula is C18H27BO2. The molecule has 0 aliphatic heterocycles. The van der Waals surface area contributed by atoms with Crippen LogP contribution in [0.5, 0.6) is 0 Å². The molecule has 0 atom stereocenters. The summed E-state index contributed by atoms with van der Waals surface area (Å²) in [5.41, 5.74) is 2.95. The van der Waals surface area contributed by atoms with Gasteiger partial charge in [-0.05, 0) is 44.3 Å². The van der Waals surface area contributed by atoms with Gasteiger partial charge in [-0.1, -0.05) is 36.7 Å². The van der Waals surface area contributed by atoms with Crippen molar-refractivity contribution in [2.75, 3.05) is 13.7 Å². The van der Waals surface area contributed by atoms with Gasteiger partial charge in [0, 0.05) is 6.42 Å². The summed E-state index contributed by atoms with van der Waals surface area (Å²) in [4.78, 5) is 0. The molecular weight excluding hydrogens is 259 g/mol. The number of allylic oxidation sites excluding steroid dienone is 6. The fraction of sp³-hybridized carbons (Fsp3) is 0.556. The molecule has 0 unspecified atom stereocenters. The molecule has 1 aliphatic rings. The predicted molar refractivity (Wildman–Crippen MR) is 90.3 cm³/mol. The lowest BCUT2D eigenvalue weighted by molar-refractivity contribution is 0.00412. The van der Waals surface area contributed by atoms with Gasteiger partial charge in [0.1, 0.15) is 7.85 Å². The number of methoxy groups -OCH3 is 1. The van der Waals surface area contributed by atoms with E-state index in [1.165, 1.54) is 24.8 Å². The quantitative estimate of drug-likeness (QED) is 0.354. The van der Waals surface area contributed by atoms with Gasteiger partial charge in [0.25, 0.3) is 0 Å². The van der Waals surface area contributed by atoms with Crippen LogP contribution < -0.4 is 0 Å². The second kappa shape index (κ2) is 9.67. The molecule has 114 valence electrons. The highest BCUT2D eigenvalue weighted by molar-refractivity contribution is 6.25. The van der Waals surface area contributed by atoms with E-state index in [0.29, 0.717) is 11.6 Å². The number of ether oxygens (including phenoxy) is 2. The van der Waals surface area contributed by atoms with Crippen molar-refractivity contribution in [3.8, 4) is 0 Å². The van der Waals surface area contributed by atoms with E-state index in [1.807, 2.05) is 12.2 Å². The van der Waals surface area contributed by atoms with E-state index in [9.17, 15) is 0 Å². The van der Waals surface area contributed by atoms with Crippen LogP contribution in [-0.4, -0.2) is 27.7 Å². The summed E-state index contributed by atoms with van der Waals surface area (Å²) in [6.45, 7) is 8.63. The van der Waals surface area contributed by atoms with Crippen molar-refractivity contribution < 1.29 is 9.47 Å². The van der Waals surface area contributed by atoms with Crippen LogP contribution in [0.4, 0.5) is 0 Å². The van der Waals surface area contributed by atoms with Gasteiger partial charge in [-0.15, -0.1) is 0 Å². The smallest absolute Gasteiger partial charge is 0.114 e. The highest BCUT2D eigenvalue weighted by Gasteiger charge is 2.17. The third kappa shape index (κ3) is 5.97. The highest BCUT2D eigenvalue weighted by atomic mass is 16.5. The van der Waals surface area contributed by atoms with Crippen LogP contribution in [0.2, 0.25) is 0 Å². The highest BCUT2D eigenvalue weighted by Crippen LogP contribution is 2.24. The van der Waals surface area contributed by atoms with E-state index in [1.54, 1.807) is 13.2 Å². The molecule has 1 fully saturated rings. The topological polar surface area (TPSA) is 18.5 Å². The molecule has 21 heavy (non-hydrogen) atoms. The molecule has 0 heterocycles. The molecule has 1 saturated carbocycles. The molecule has 1 rings (SSSR count). The molecule has 0 spiro atoms. The molecule has 0 aromatic rings. The van der Waals surface area contributed by atoms with Gasteiger partial charge >= 0.3 is 0 Å². The Kier molecular flexibility index (Phi) is 8.21. The SMILES string of the molecule is [B]C(=C/C=C)/C(/C=C(\CC)OC)=C(\C)CCOC1CCC1. The summed E-state index contributed by atoms with van der Waals surface area (Å²) in [5.74, 6) is 0.921. The van der Waals surface area contributed by atoms with Crippen LogP contribution in [0.3, 0.4) is 0 Å². The van der Waals surface area contributed by atoms with Crippen LogP contribution in [-0.2, 0) is 9.47 Å². The third-order valence-electron chi connectivity index (χ3n) is 3.87. The van der Waals surface area contributed by atoms with E-state index >= 15 is 0 Å². The van der Waals surface area contributed by atoms with Crippen LogP contribution in [0, 0.1) is 0 Å². The number of hydrogen-bond donors (Lipinski definition) is 0. The normalized spacial score (nSPS) is 18.0. The Morgan fingerprint density at radius 1 is 1.38 bits per heavy atom. The molecule has 0 saturated heterocycles. The van der Waals surface area contributed by atoms with E-state index in [-0.39, 0.29) is 0 Å². The van der Waals surface area contributed by atoms with Crippen LogP contribution in [0.25, 0.3) is 0 Å². The Hall–Kier alpha value is -1.22. The lowest BCUT2D eigenvalue weighted by atomic mass is 9.84. The monoisotopic (exact) mass is 286 g/mol.